The fourth-order valence-corrected chi connectivity index (χ4v) is 4.14. The third kappa shape index (κ3) is 6.01. The molecule has 2 amide bonds. The number of urea groups is 1. The van der Waals surface area contributed by atoms with E-state index in [0.29, 0.717) is 17.8 Å². The first-order chi connectivity index (χ1) is 16.4. The Labute approximate surface area is 198 Å². The van der Waals surface area contributed by atoms with Crippen molar-refractivity contribution in [2.24, 2.45) is 0 Å². The van der Waals surface area contributed by atoms with Crippen LogP contribution in [-0.4, -0.2) is 60.2 Å². The molecule has 0 aliphatic carbocycles. The normalized spacial score (nSPS) is 14.3. The number of hydrogen-bond acceptors (Lipinski definition) is 4. The lowest BCUT2D eigenvalue weighted by atomic mass is 10.0. The molecular weight excluding hydrogens is 435 g/mol. The summed E-state index contributed by atoms with van der Waals surface area (Å²) in [6.45, 7) is 8.75. The first kappa shape index (κ1) is 23.9. The third-order valence-electron chi connectivity index (χ3n) is 6.29. The molecule has 0 atom stereocenters. The summed E-state index contributed by atoms with van der Waals surface area (Å²) >= 11 is 0. The minimum atomic E-state index is -0.367. The number of halogens is 1. The standard InChI is InChI=1S/C26H31FN4O3/c1-18-14-20-16-21(25(32)29-24(20)15-19(18)2)17-31(9-3-8-30-10-12-34-13-11-30)26(33)28-23-6-4-22(27)5-7-23/h4-7,14-16H,3,8-13,17H2,1-2H3,(H,28,33)(H,29,32). The topological polar surface area (TPSA) is 77.7 Å². The fraction of sp³-hybridized carbons (Fsp3) is 0.385. The van der Waals surface area contributed by atoms with E-state index in [1.807, 2.05) is 32.0 Å². The number of aromatic amines is 1. The number of carbonyl (C=O) groups is 1. The largest absolute Gasteiger partial charge is 0.379 e. The molecule has 1 saturated heterocycles. The molecule has 180 valence electrons. The molecule has 2 heterocycles. The van der Waals surface area contributed by atoms with E-state index in [4.69, 9.17) is 4.74 Å². The highest BCUT2D eigenvalue weighted by Crippen LogP contribution is 2.18. The summed E-state index contributed by atoms with van der Waals surface area (Å²) in [6.07, 6.45) is 0.765. The summed E-state index contributed by atoms with van der Waals surface area (Å²) in [5.74, 6) is -0.367. The van der Waals surface area contributed by atoms with Crippen LogP contribution in [0.5, 0.6) is 0 Å². The lowest BCUT2D eigenvalue weighted by molar-refractivity contribution is 0.0365. The van der Waals surface area contributed by atoms with E-state index in [1.54, 1.807) is 4.90 Å². The number of anilines is 1. The number of aromatic nitrogens is 1. The van der Waals surface area contributed by atoms with Gasteiger partial charge in [-0.15, -0.1) is 0 Å². The van der Waals surface area contributed by atoms with Crippen molar-refractivity contribution in [2.75, 3.05) is 44.7 Å². The number of fused-ring (bicyclic) bond motifs is 1. The lowest BCUT2D eigenvalue weighted by Gasteiger charge is -2.28. The van der Waals surface area contributed by atoms with Gasteiger partial charge in [0, 0.05) is 42.9 Å². The number of ether oxygens (including phenoxy) is 1. The highest BCUT2D eigenvalue weighted by Gasteiger charge is 2.18. The Kier molecular flexibility index (Phi) is 7.59. The first-order valence-electron chi connectivity index (χ1n) is 11.6. The van der Waals surface area contributed by atoms with Gasteiger partial charge in [0.15, 0.2) is 0 Å². The van der Waals surface area contributed by atoms with Crippen LogP contribution in [0.1, 0.15) is 23.1 Å². The molecule has 0 unspecified atom stereocenters. The van der Waals surface area contributed by atoms with Gasteiger partial charge < -0.3 is 19.9 Å². The summed E-state index contributed by atoms with van der Waals surface area (Å²) in [4.78, 5) is 32.9. The Morgan fingerprint density at radius 2 is 1.82 bits per heavy atom. The number of nitrogens with one attached hydrogen (secondary N) is 2. The summed E-state index contributed by atoms with van der Waals surface area (Å²) < 4.78 is 18.7. The van der Waals surface area contributed by atoms with Gasteiger partial charge in [-0.3, -0.25) is 9.69 Å². The molecule has 4 rings (SSSR count). The number of H-pyrrole nitrogens is 1. The molecule has 2 N–H and O–H groups in total. The van der Waals surface area contributed by atoms with E-state index in [1.165, 1.54) is 24.3 Å². The van der Waals surface area contributed by atoms with Crippen molar-refractivity contribution in [1.82, 2.24) is 14.8 Å². The molecule has 7 nitrogen and oxygen atoms in total. The van der Waals surface area contributed by atoms with Crippen LogP contribution in [-0.2, 0) is 11.3 Å². The average Bonchev–Trinajstić information content (AvgIpc) is 2.82. The van der Waals surface area contributed by atoms with Crippen LogP contribution in [0.3, 0.4) is 0 Å². The maximum absolute atomic E-state index is 13.3. The molecule has 3 aromatic rings. The fourth-order valence-electron chi connectivity index (χ4n) is 4.14. The second kappa shape index (κ2) is 10.8. The average molecular weight is 467 g/mol. The highest BCUT2D eigenvalue weighted by atomic mass is 19.1. The number of hydrogen-bond donors (Lipinski definition) is 2. The van der Waals surface area contributed by atoms with Crippen LogP contribution >= 0.6 is 0 Å². The number of benzene rings is 2. The van der Waals surface area contributed by atoms with Crippen LogP contribution in [0.2, 0.25) is 0 Å². The van der Waals surface area contributed by atoms with Crippen molar-refractivity contribution in [3.05, 3.63) is 75.3 Å². The van der Waals surface area contributed by atoms with Crippen LogP contribution in [0.4, 0.5) is 14.9 Å². The second-order valence-corrected chi connectivity index (χ2v) is 8.81. The molecule has 0 spiro atoms. The van der Waals surface area contributed by atoms with Gasteiger partial charge in [0.25, 0.3) is 5.56 Å². The predicted octanol–water partition coefficient (Wildman–Crippen LogP) is 4.04. The number of amides is 2. The Morgan fingerprint density at radius 3 is 2.56 bits per heavy atom. The summed E-state index contributed by atoms with van der Waals surface area (Å²) in [7, 11) is 0. The van der Waals surface area contributed by atoms with Crippen LogP contribution in [0, 0.1) is 19.7 Å². The zero-order valence-corrected chi connectivity index (χ0v) is 19.7. The van der Waals surface area contributed by atoms with Gasteiger partial charge in [0.05, 0.1) is 19.8 Å². The maximum Gasteiger partial charge on any atom is 0.322 e. The zero-order chi connectivity index (χ0) is 24.1. The summed E-state index contributed by atoms with van der Waals surface area (Å²) in [5, 5.41) is 3.76. The van der Waals surface area contributed by atoms with E-state index in [2.05, 4.69) is 15.2 Å². The Hall–Kier alpha value is -3.23. The number of rotatable bonds is 7. The monoisotopic (exact) mass is 466 g/mol. The van der Waals surface area contributed by atoms with E-state index >= 15 is 0 Å². The van der Waals surface area contributed by atoms with Crippen molar-refractivity contribution in [3.63, 3.8) is 0 Å². The van der Waals surface area contributed by atoms with E-state index in [-0.39, 0.29) is 24.0 Å². The molecule has 1 aliphatic rings. The Morgan fingerprint density at radius 1 is 1.12 bits per heavy atom. The zero-order valence-electron chi connectivity index (χ0n) is 19.7. The smallest absolute Gasteiger partial charge is 0.322 e. The number of morpholine rings is 1. The molecular formula is C26H31FN4O3. The summed E-state index contributed by atoms with van der Waals surface area (Å²) in [6, 6.07) is 11.2. The van der Waals surface area contributed by atoms with Gasteiger partial charge in [-0.25, -0.2) is 9.18 Å². The molecule has 1 fully saturated rings. The summed E-state index contributed by atoms with van der Waals surface area (Å²) in [5.41, 5.74) is 3.86. The van der Waals surface area contributed by atoms with Gasteiger partial charge in [0.1, 0.15) is 5.82 Å². The van der Waals surface area contributed by atoms with Crippen molar-refractivity contribution >= 4 is 22.6 Å². The lowest BCUT2D eigenvalue weighted by Crippen LogP contribution is -2.40. The van der Waals surface area contributed by atoms with Crippen LogP contribution in [0.15, 0.2) is 47.3 Å². The molecule has 0 radical (unpaired) electrons. The van der Waals surface area contributed by atoms with Crippen molar-refractivity contribution < 1.29 is 13.9 Å². The minimum absolute atomic E-state index is 0.175. The van der Waals surface area contributed by atoms with E-state index in [0.717, 1.165) is 61.3 Å². The Balaban J connectivity index is 1.52. The molecule has 0 bridgehead atoms. The first-order valence-corrected chi connectivity index (χ1v) is 11.6. The Bertz CT molecular complexity index is 1200. The van der Waals surface area contributed by atoms with Gasteiger partial charge >= 0.3 is 6.03 Å². The van der Waals surface area contributed by atoms with Crippen molar-refractivity contribution in [1.29, 1.82) is 0 Å². The molecule has 0 saturated carbocycles. The van der Waals surface area contributed by atoms with Crippen molar-refractivity contribution in [3.8, 4) is 0 Å². The molecule has 8 heteroatoms. The van der Waals surface area contributed by atoms with E-state index in [9.17, 15) is 14.0 Å². The van der Waals surface area contributed by atoms with Crippen molar-refractivity contribution in [2.45, 2.75) is 26.8 Å². The quantitative estimate of drug-likeness (QED) is 0.551. The number of aryl methyl sites for hydroxylation is 2. The second-order valence-electron chi connectivity index (χ2n) is 8.81. The SMILES string of the molecule is Cc1cc2cc(CN(CCCN3CCOCC3)C(=O)Nc3ccc(F)cc3)c(=O)[nH]c2cc1C. The number of nitrogens with zero attached hydrogens (tertiary/aromatic N) is 2. The molecule has 2 aromatic carbocycles. The molecule has 1 aromatic heterocycles. The van der Waals surface area contributed by atoms with Gasteiger partial charge in [-0.2, -0.15) is 0 Å². The van der Waals surface area contributed by atoms with Gasteiger partial charge in [-0.1, -0.05) is 0 Å². The van der Waals surface area contributed by atoms with Crippen LogP contribution < -0.4 is 10.9 Å². The third-order valence-corrected chi connectivity index (χ3v) is 6.29. The van der Waals surface area contributed by atoms with Gasteiger partial charge in [-0.05, 0) is 79.2 Å². The number of pyridine rings is 1. The van der Waals surface area contributed by atoms with Gasteiger partial charge in [0.2, 0.25) is 0 Å². The number of carbonyl (C=O) groups excluding carboxylic acids is 1. The van der Waals surface area contributed by atoms with Crippen LogP contribution in [0.25, 0.3) is 10.9 Å². The maximum atomic E-state index is 13.3. The molecule has 34 heavy (non-hydrogen) atoms. The molecule has 1 aliphatic heterocycles. The highest BCUT2D eigenvalue weighted by molar-refractivity contribution is 5.89. The minimum Gasteiger partial charge on any atom is -0.379 e. The van der Waals surface area contributed by atoms with E-state index < -0.39 is 0 Å². The predicted molar refractivity (Wildman–Crippen MR) is 132 cm³/mol.